The average molecular weight is 353 g/mol. The van der Waals surface area contributed by atoms with Gasteiger partial charge < -0.3 is 8.85 Å². The third-order valence-electron chi connectivity index (χ3n) is 4.91. The lowest BCUT2D eigenvalue weighted by atomic mass is 9.90. The van der Waals surface area contributed by atoms with Crippen LogP contribution in [0.2, 0.25) is 10.1 Å². The molecule has 0 aliphatic heterocycles. The molecule has 1 fully saturated rings. The summed E-state index contributed by atoms with van der Waals surface area (Å²) in [4.78, 5) is 24.9. The highest BCUT2D eigenvalue weighted by Crippen LogP contribution is 2.59. The van der Waals surface area contributed by atoms with E-state index in [1.807, 2.05) is 20.8 Å². The summed E-state index contributed by atoms with van der Waals surface area (Å²) < 4.78 is 12.1. The van der Waals surface area contributed by atoms with E-state index in [9.17, 15) is 9.59 Å². The molecule has 0 aromatic carbocycles. The van der Waals surface area contributed by atoms with Gasteiger partial charge in [-0.05, 0) is 26.7 Å². The van der Waals surface area contributed by atoms with Gasteiger partial charge in [-0.3, -0.25) is 0 Å². The van der Waals surface area contributed by atoms with Gasteiger partial charge in [0.1, 0.15) is 0 Å². The van der Waals surface area contributed by atoms with Crippen molar-refractivity contribution in [2.75, 3.05) is 0 Å². The van der Waals surface area contributed by atoms with Gasteiger partial charge in [0.15, 0.2) is 0 Å². The summed E-state index contributed by atoms with van der Waals surface area (Å²) in [6, 6.07) is 0. The Kier molecular flexibility index (Phi) is 6.25. The molecule has 0 saturated heterocycles. The monoisotopic (exact) mass is 352 g/mol. The Labute approximate surface area is 147 Å². The summed E-state index contributed by atoms with van der Waals surface area (Å²) >= 11 is 0. The molecule has 0 bridgehead atoms. The maximum absolute atomic E-state index is 12.4. The van der Waals surface area contributed by atoms with E-state index in [-0.39, 0.29) is 5.04 Å². The lowest BCUT2D eigenvalue weighted by Crippen LogP contribution is -2.61. The smallest absolute Gasteiger partial charge is 0.476 e. The van der Waals surface area contributed by atoms with Gasteiger partial charge in [0.25, 0.3) is 0 Å². The van der Waals surface area contributed by atoms with E-state index in [0.29, 0.717) is 11.1 Å². The molecule has 0 atom stereocenters. The topological polar surface area (TPSA) is 52.6 Å². The Bertz CT molecular complexity index is 508. The average Bonchev–Trinajstić information content (AvgIpc) is 2.45. The van der Waals surface area contributed by atoms with Crippen LogP contribution in [0.5, 0.6) is 0 Å². The van der Waals surface area contributed by atoms with Crippen LogP contribution in [0.25, 0.3) is 0 Å². The van der Waals surface area contributed by atoms with Crippen molar-refractivity contribution in [1.82, 2.24) is 0 Å². The van der Waals surface area contributed by atoms with E-state index < -0.39 is 25.5 Å². The summed E-state index contributed by atoms with van der Waals surface area (Å²) in [5.74, 6) is -0.948. The van der Waals surface area contributed by atoms with Crippen molar-refractivity contribution in [3.63, 3.8) is 0 Å². The Morgan fingerprint density at radius 1 is 0.917 bits per heavy atom. The molecule has 0 aromatic heterocycles. The summed E-state index contributed by atoms with van der Waals surface area (Å²) in [6.45, 7) is 18.7. The summed E-state index contributed by atoms with van der Waals surface area (Å²) in [7, 11) is -3.29. The first-order valence-corrected chi connectivity index (χ1v) is 10.5. The second kappa shape index (κ2) is 7.26. The highest BCUT2D eigenvalue weighted by Gasteiger charge is 2.67. The van der Waals surface area contributed by atoms with Gasteiger partial charge in [-0.25, -0.2) is 9.59 Å². The van der Waals surface area contributed by atoms with Crippen LogP contribution in [0.4, 0.5) is 0 Å². The molecule has 0 spiro atoms. The van der Waals surface area contributed by atoms with Crippen molar-refractivity contribution >= 4 is 20.5 Å². The highest BCUT2D eigenvalue weighted by molar-refractivity contribution is 6.76. The van der Waals surface area contributed by atoms with Crippen molar-refractivity contribution in [2.45, 2.75) is 83.7 Å². The fourth-order valence-corrected chi connectivity index (χ4v) is 8.42. The SMILES string of the molecule is C=C(C)C(=O)O[Si](OC(=O)C(=C)C)(C(C)(C)C)C1(C)CCCCC1. The van der Waals surface area contributed by atoms with Gasteiger partial charge in [-0.15, -0.1) is 0 Å². The Hall–Kier alpha value is -1.36. The second-order valence-corrected chi connectivity index (χ2v) is 12.7. The van der Waals surface area contributed by atoms with Gasteiger partial charge in [-0.2, -0.15) is 0 Å². The predicted octanol–water partition coefficient (Wildman–Crippen LogP) is 5.19. The molecule has 0 unspecified atom stereocenters. The second-order valence-electron chi connectivity index (χ2n) is 8.33. The molecule has 0 heterocycles. The van der Waals surface area contributed by atoms with Crippen molar-refractivity contribution < 1.29 is 18.4 Å². The number of carbonyl (C=O) groups is 2. The maximum Gasteiger partial charge on any atom is 0.476 e. The van der Waals surface area contributed by atoms with E-state index in [1.54, 1.807) is 13.8 Å². The predicted molar refractivity (Wildman–Crippen MR) is 98.7 cm³/mol. The zero-order valence-corrected chi connectivity index (χ0v) is 17.1. The summed E-state index contributed by atoms with van der Waals surface area (Å²) in [6.07, 6.45) is 5.05. The molecule has 1 rings (SSSR count). The minimum atomic E-state index is -3.29. The van der Waals surface area contributed by atoms with Crippen molar-refractivity contribution in [3.05, 3.63) is 24.3 Å². The molecule has 4 nitrogen and oxygen atoms in total. The fraction of sp³-hybridized carbons (Fsp3) is 0.684. The zero-order valence-electron chi connectivity index (χ0n) is 16.1. The van der Waals surface area contributed by atoms with E-state index in [0.717, 1.165) is 32.1 Å². The van der Waals surface area contributed by atoms with Crippen molar-refractivity contribution in [1.29, 1.82) is 0 Å². The normalized spacial score (nSPS) is 17.8. The van der Waals surface area contributed by atoms with Crippen LogP contribution in [-0.4, -0.2) is 20.5 Å². The number of hydrogen-bond donors (Lipinski definition) is 0. The first-order valence-electron chi connectivity index (χ1n) is 8.64. The largest absolute Gasteiger partial charge is 0.481 e. The van der Waals surface area contributed by atoms with Crippen LogP contribution in [0.3, 0.4) is 0 Å². The standard InChI is InChI=1S/C19H32O4Si/c1-14(2)16(20)22-24(18(5,6)7,23-17(21)15(3)4)19(8)12-10-9-11-13-19/h1,3,9-13H2,2,4-8H3. The maximum atomic E-state index is 12.4. The van der Waals surface area contributed by atoms with Crippen molar-refractivity contribution in [2.24, 2.45) is 0 Å². The van der Waals surface area contributed by atoms with Gasteiger partial charge in [0, 0.05) is 21.2 Å². The third-order valence-corrected chi connectivity index (χ3v) is 9.92. The molecule has 1 saturated carbocycles. The van der Waals surface area contributed by atoms with Crippen LogP contribution in [-0.2, 0) is 18.4 Å². The Morgan fingerprint density at radius 3 is 1.58 bits per heavy atom. The van der Waals surface area contributed by atoms with Gasteiger partial charge >= 0.3 is 20.5 Å². The number of carbonyl (C=O) groups excluding carboxylic acids is 2. The molecular formula is C19H32O4Si. The Balaban J connectivity index is 3.48. The molecular weight excluding hydrogens is 320 g/mol. The van der Waals surface area contributed by atoms with Crippen LogP contribution in [0, 0.1) is 0 Å². The van der Waals surface area contributed by atoms with E-state index in [2.05, 4.69) is 20.1 Å². The molecule has 24 heavy (non-hydrogen) atoms. The molecule has 0 N–H and O–H groups in total. The molecule has 0 aromatic rings. The zero-order chi connectivity index (χ0) is 18.8. The lowest BCUT2D eigenvalue weighted by Gasteiger charge is -2.51. The van der Waals surface area contributed by atoms with Crippen LogP contribution in [0.1, 0.15) is 73.6 Å². The van der Waals surface area contributed by atoms with Crippen LogP contribution < -0.4 is 0 Å². The highest BCUT2D eigenvalue weighted by atomic mass is 28.4. The molecule has 0 amide bonds. The molecule has 1 aliphatic carbocycles. The van der Waals surface area contributed by atoms with E-state index in [1.165, 1.54) is 0 Å². The summed E-state index contributed by atoms with van der Waals surface area (Å²) in [5.41, 5.74) is 0.642. The first kappa shape index (κ1) is 20.7. The number of rotatable bonds is 5. The molecule has 136 valence electrons. The quantitative estimate of drug-likeness (QED) is 0.504. The van der Waals surface area contributed by atoms with Gasteiger partial charge in [0.2, 0.25) is 0 Å². The lowest BCUT2D eigenvalue weighted by molar-refractivity contribution is -0.139. The summed E-state index contributed by atoms with van der Waals surface area (Å²) in [5, 5.41) is -0.783. The van der Waals surface area contributed by atoms with Gasteiger partial charge in [-0.1, -0.05) is 60.1 Å². The molecule has 5 heteroatoms. The van der Waals surface area contributed by atoms with Gasteiger partial charge in [0.05, 0.1) is 0 Å². The molecule has 1 aliphatic rings. The van der Waals surface area contributed by atoms with Crippen LogP contribution in [0.15, 0.2) is 24.3 Å². The Morgan fingerprint density at radius 2 is 1.29 bits per heavy atom. The molecule has 0 radical (unpaired) electrons. The van der Waals surface area contributed by atoms with Crippen molar-refractivity contribution in [3.8, 4) is 0 Å². The minimum absolute atomic E-state index is 0.320. The first-order chi connectivity index (χ1) is 10.9. The fourth-order valence-electron chi connectivity index (χ4n) is 3.58. The number of hydrogen-bond acceptors (Lipinski definition) is 4. The van der Waals surface area contributed by atoms with E-state index in [4.69, 9.17) is 8.85 Å². The minimum Gasteiger partial charge on any atom is -0.481 e. The van der Waals surface area contributed by atoms with Crippen LogP contribution >= 0.6 is 0 Å². The third kappa shape index (κ3) is 3.99. The van der Waals surface area contributed by atoms with E-state index >= 15 is 0 Å².